The van der Waals surface area contributed by atoms with Crippen molar-refractivity contribution in [2.45, 2.75) is 12.2 Å². The minimum absolute atomic E-state index is 0.488. The Hall–Kier alpha value is -0.640. The summed E-state index contributed by atoms with van der Waals surface area (Å²) in [5.41, 5.74) is 0.567. The molecule has 11 heavy (non-hydrogen) atoms. The zero-order valence-electron chi connectivity index (χ0n) is 6.92. The maximum absolute atomic E-state index is 10.9. The molecule has 0 aromatic rings. The predicted octanol–water partition coefficient (Wildman–Crippen LogP) is 0.483. The van der Waals surface area contributed by atoms with Gasteiger partial charge in [0.25, 0.3) is 0 Å². The molecule has 0 saturated carbocycles. The fourth-order valence-corrected chi connectivity index (χ4v) is 1.66. The molecule has 0 amide bonds. The Morgan fingerprint density at radius 3 is 2.18 bits per heavy atom. The summed E-state index contributed by atoms with van der Waals surface area (Å²) in [7, 11) is 0.0315. The molecule has 0 radical (unpaired) electrons. The van der Waals surface area contributed by atoms with Crippen molar-refractivity contribution >= 4 is 16.8 Å². The minimum Gasteiger partial charge on any atom is -0.468 e. The number of carbonyl (C=O) groups excluding carboxylic acids is 1. The molecule has 4 heteroatoms. The number of ether oxygens (including phenoxy) is 1. The van der Waals surface area contributed by atoms with Crippen molar-refractivity contribution in [3.63, 3.8) is 0 Å². The van der Waals surface area contributed by atoms with E-state index in [2.05, 4.69) is 11.3 Å². The van der Waals surface area contributed by atoms with E-state index < -0.39 is 22.0 Å². The van der Waals surface area contributed by atoms with Crippen molar-refractivity contribution in [1.82, 2.24) is 0 Å². The van der Waals surface area contributed by atoms with Crippen LogP contribution < -0.4 is 0 Å². The van der Waals surface area contributed by atoms with Gasteiger partial charge in [-0.05, 0) is 6.92 Å². The van der Waals surface area contributed by atoms with Gasteiger partial charge in [-0.1, -0.05) is 12.2 Å². The van der Waals surface area contributed by atoms with E-state index in [1.165, 1.54) is 13.4 Å². The maximum atomic E-state index is 10.9. The van der Waals surface area contributed by atoms with Crippen molar-refractivity contribution in [2.75, 3.05) is 13.4 Å². The van der Waals surface area contributed by atoms with Crippen molar-refractivity contribution in [1.29, 1.82) is 0 Å². The van der Waals surface area contributed by atoms with Crippen LogP contribution >= 0.6 is 0 Å². The minimum atomic E-state index is -1.24. The Balaban J connectivity index is 4.47. The van der Waals surface area contributed by atoms with Crippen LogP contribution in [0.5, 0.6) is 0 Å². The lowest BCUT2D eigenvalue weighted by atomic mass is 10.2. The number of hydrogen-bond donors (Lipinski definition) is 0. The SMILES string of the molecule is C=C(C)C(C(=O)OC)S(C)=O. The zero-order valence-corrected chi connectivity index (χ0v) is 7.73. The molecule has 64 valence electrons. The van der Waals surface area contributed by atoms with Crippen LogP contribution in [0, 0.1) is 0 Å². The molecule has 0 heterocycles. The van der Waals surface area contributed by atoms with Crippen molar-refractivity contribution in [3.8, 4) is 0 Å². The number of hydrogen-bond acceptors (Lipinski definition) is 3. The van der Waals surface area contributed by atoms with E-state index in [4.69, 9.17) is 0 Å². The van der Waals surface area contributed by atoms with Gasteiger partial charge in [0.2, 0.25) is 0 Å². The standard InChI is InChI=1S/C7H12O3S/c1-5(2)6(11(4)9)7(8)10-3/h6H,1H2,2-4H3. The van der Waals surface area contributed by atoms with Crippen LogP contribution in [0.25, 0.3) is 0 Å². The van der Waals surface area contributed by atoms with Gasteiger partial charge in [-0.2, -0.15) is 0 Å². The van der Waals surface area contributed by atoms with E-state index in [0.29, 0.717) is 5.57 Å². The first-order valence-electron chi connectivity index (χ1n) is 3.06. The first-order chi connectivity index (χ1) is 5.00. The van der Waals surface area contributed by atoms with Crippen molar-refractivity contribution in [3.05, 3.63) is 12.2 Å². The van der Waals surface area contributed by atoms with Gasteiger partial charge in [0, 0.05) is 17.1 Å². The third-order valence-electron chi connectivity index (χ3n) is 1.19. The second-order valence-electron chi connectivity index (χ2n) is 2.25. The first-order valence-corrected chi connectivity index (χ1v) is 4.68. The predicted molar refractivity (Wildman–Crippen MR) is 44.7 cm³/mol. The lowest BCUT2D eigenvalue weighted by molar-refractivity contribution is -0.139. The van der Waals surface area contributed by atoms with Gasteiger partial charge in [-0.3, -0.25) is 9.00 Å². The lowest BCUT2D eigenvalue weighted by Gasteiger charge is -2.10. The average molecular weight is 176 g/mol. The molecule has 0 aromatic heterocycles. The van der Waals surface area contributed by atoms with Crippen LogP contribution in [0.4, 0.5) is 0 Å². The van der Waals surface area contributed by atoms with E-state index in [1.807, 2.05) is 0 Å². The fraction of sp³-hybridized carbons (Fsp3) is 0.571. The molecule has 0 fully saturated rings. The summed E-state index contributed by atoms with van der Waals surface area (Å²) in [6.07, 6.45) is 1.45. The summed E-state index contributed by atoms with van der Waals surface area (Å²) in [6, 6.07) is 0. The summed E-state index contributed by atoms with van der Waals surface area (Å²) in [4.78, 5) is 10.9. The van der Waals surface area contributed by atoms with Gasteiger partial charge in [0.1, 0.15) is 0 Å². The molecule has 0 aliphatic rings. The largest absolute Gasteiger partial charge is 0.468 e. The van der Waals surface area contributed by atoms with Gasteiger partial charge in [-0.25, -0.2) is 0 Å². The summed E-state index contributed by atoms with van der Waals surface area (Å²) in [6.45, 7) is 5.21. The molecule has 2 unspecified atom stereocenters. The highest BCUT2D eigenvalue weighted by atomic mass is 32.2. The second kappa shape index (κ2) is 4.28. The van der Waals surface area contributed by atoms with E-state index in [0.717, 1.165) is 0 Å². The van der Waals surface area contributed by atoms with E-state index in [1.54, 1.807) is 6.92 Å². The molecule has 0 rings (SSSR count). The Kier molecular flexibility index (Phi) is 4.03. The topological polar surface area (TPSA) is 43.4 Å². The molecular formula is C7H12O3S. The first kappa shape index (κ1) is 10.4. The fourth-order valence-electron chi connectivity index (χ4n) is 0.727. The lowest BCUT2D eigenvalue weighted by Crippen LogP contribution is -2.27. The van der Waals surface area contributed by atoms with Crippen LogP contribution in [0.3, 0.4) is 0 Å². The number of methoxy groups -OCH3 is 1. The van der Waals surface area contributed by atoms with Crippen molar-refractivity contribution in [2.24, 2.45) is 0 Å². The van der Waals surface area contributed by atoms with Crippen LogP contribution in [-0.4, -0.2) is 28.8 Å². The smallest absolute Gasteiger partial charge is 0.325 e. The van der Waals surface area contributed by atoms with Gasteiger partial charge in [0.05, 0.1) is 7.11 Å². The number of carbonyl (C=O) groups is 1. The molecule has 2 atom stereocenters. The molecule has 0 bridgehead atoms. The van der Waals surface area contributed by atoms with Gasteiger partial charge in [-0.15, -0.1) is 0 Å². The molecule has 0 N–H and O–H groups in total. The Morgan fingerprint density at radius 2 is 2.09 bits per heavy atom. The van der Waals surface area contributed by atoms with Gasteiger partial charge in [0.15, 0.2) is 5.25 Å². The third-order valence-corrected chi connectivity index (χ3v) is 2.45. The maximum Gasteiger partial charge on any atom is 0.325 e. The normalized spacial score (nSPS) is 15.2. The molecule has 0 aliphatic carbocycles. The number of rotatable bonds is 3. The van der Waals surface area contributed by atoms with Crippen LogP contribution in [0.15, 0.2) is 12.2 Å². The highest BCUT2D eigenvalue weighted by molar-refractivity contribution is 7.85. The number of esters is 1. The summed E-state index contributed by atoms with van der Waals surface area (Å²) in [5, 5.41) is -0.681. The summed E-state index contributed by atoms with van der Waals surface area (Å²) >= 11 is 0. The molecule has 0 aromatic carbocycles. The van der Waals surface area contributed by atoms with Crippen LogP contribution in [0.2, 0.25) is 0 Å². The van der Waals surface area contributed by atoms with Crippen LogP contribution in [0.1, 0.15) is 6.92 Å². The van der Waals surface area contributed by atoms with Gasteiger partial charge < -0.3 is 4.74 Å². The third kappa shape index (κ3) is 2.84. The average Bonchev–Trinajstić information content (AvgIpc) is 1.85. The molecular weight excluding hydrogens is 164 g/mol. The molecule has 0 saturated heterocycles. The Labute approximate surface area is 68.9 Å². The van der Waals surface area contributed by atoms with Crippen LogP contribution in [-0.2, 0) is 20.3 Å². The van der Waals surface area contributed by atoms with Crippen molar-refractivity contribution < 1.29 is 13.7 Å². The quantitative estimate of drug-likeness (QED) is 0.464. The summed E-state index contributed by atoms with van der Waals surface area (Å²) in [5.74, 6) is -0.488. The second-order valence-corrected chi connectivity index (χ2v) is 3.72. The summed E-state index contributed by atoms with van der Waals surface area (Å²) < 4.78 is 15.4. The van der Waals surface area contributed by atoms with Gasteiger partial charge >= 0.3 is 5.97 Å². The molecule has 0 spiro atoms. The monoisotopic (exact) mass is 176 g/mol. The van der Waals surface area contributed by atoms with E-state index in [9.17, 15) is 9.00 Å². The highest BCUT2D eigenvalue weighted by Crippen LogP contribution is 2.06. The highest BCUT2D eigenvalue weighted by Gasteiger charge is 2.23. The molecule has 0 aliphatic heterocycles. The zero-order chi connectivity index (χ0) is 9.02. The Bertz CT molecular complexity index is 184. The molecule has 3 nitrogen and oxygen atoms in total. The Morgan fingerprint density at radius 1 is 1.64 bits per heavy atom. The van der Waals surface area contributed by atoms with E-state index in [-0.39, 0.29) is 0 Å². The van der Waals surface area contributed by atoms with E-state index >= 15 is 0 Å².